The van der Waals surface area contributed by atoms with E-state index in [9.17, 15) is 19.2 Å². The number of nitrogens with zero attached hydrogens (tertiary/aromatic N) is 2. The van der Waals surface area contributed by atoms with Crippen molar-refractivity contribution < 1.29 is 28.6 Å². The number of hydrogen-bond donors (Lipinski definition) is 1. The number of alkyl carbamates (subject to hydrolysis) is 1. The van der Waals surface area contributed by atoms with Crippen molar-refractivity contribution >= 4 is 28.7 Å². The zero-order valence-corrected chi connectivity index (χ0v) is 21.6. The Morgan fingerprint density at radius 3 is 2.47 bits per heavy atom. The molecule has 1 aromatic carbocycles. The summed E-state index contributed by atoms with van der Waals surface area (Å²) in [6.45, 7) is 7.64. The number of amides is 1. The van der Waals surface area contributed by atoms with Crippen LogP contribution in [0.4, 0.5) is 4.79 Å². The van der Waals surface area contributed by atoms with Gasteiger partial charge in [-0.1, -0.05) is 6.07 Å². The molecule has 1 aromatic heterocycles. The molecule has 1 aliphatic rings. The minimum atomic E-state index is -0.575. The van der Waals surface area contributed by atoms with Gasteiger partial charge in [-0.25, -0.2) is 9.59 Å². The number of Topliss-reactive ketones (excluding diaryl/α,β-unsaturated/α-hetero) is 2. The molecule has 198 valence electrons. The van der Waals surface area contributed by atoms with Gasteiger partial charge in [0.2, 0.25) is 0 Å². The van der Waals surface area contributed by atoms with Crippen LogP contribution in [0.2, 0.25) is 0 Å². The predicted molar refractivity (Wildman–Crippen MR) is 134 cm³/mol. The number of benzene rings is 1. The van der Waals surface area contributed by atoms with Crippen LogP contribution in [0.5, 0.6) is 0 Å². The van der Waals surface area contributed by atoms with Crippen molar-refractivity contribution in [3.63, 3.8) is 0 Å². The number of nitrogens with one attached hydrogen (secondary N) is 1. The molecule has 1 aliphatic carbocycles. The van der Waals surface area contributed by atoms with Gasteiger partial charge in [0.25, 0.3) is 0 Å². The summed E-state index contributed by atoms with van der Waals surface area (Å²) in [6.07, 6.45) is 1.73. The molecule has 1 heterocycles. The molecule has 10 nitrogen and oxygen atoms in total. The minimum absolute atomic E-state index is 0.0594. The lowest BCUT2D eigenvalue weighted by Crippen LogP contribution is -2.34. The predicted octanol–water partition coefficient (Wildman–Crippen LogP) is 2.69. The second-order valence-corrected chi connectivity index (χ2v) is 10.0. The van der Waals surface area contributed by atoms with Gasteiger partial charge in [-0.2, -0.15) is 0 Å². The maximum Gasteiger partial charge on any atom is 0.407 e. The monoisotopic (exact) mass is 503 g/mol. The van der Waals surface area contributed by atoms with E-state index in [1.165, 1.54) is 0 Å². The molecule has 1 unspecified atom stereocenters. The molecule has 1 fully saturated rings. The SMILES string of the molecule is Cn1c(=O)n(C2CCC(=O)CC2=O)c2ccc(CCCOCCOCCNC(=O)OC(C)(C)C)cc21. The van der Waals surface area contributed by atoms with Crippen LogP contribution in [0.25, 0.3) is 11.0 Å². The van der Waals surface area contributed by atoms with Gasteiger partial charge in [-0.15, -0.1) is 0 Å². The number of rotatable bonds is 11. The number of carbonyl (C=O) groups is 3. The molecule has 0 saturated heterocycles. The van der Waals surface area contributed by atoms with Crippen LogP contribution < -0.4 is 11.0 Å². The number of aryl methyl sites for hydroxylation is 2. The third-order valence-electron chi connectivity index (χ3n) is 5.95. The topological polar surface area (TPSA) is 118 Å². The second kappa shape index (κ2) is 12.3. The highest BCUT2D eigenvalue weighted by atomic mass is 16.6. The van der Waals surface area contributed by atoms with Crippen LogP contribution in [0.15, 0.2) is 23.0 Å². The van der Waals surface area contributed by atoms with Crippen molar-refractivity contribution in [1.82, 2.24) is 14.5 Å². The van der Waals surface area contributed by atoms with E-state index in [1.54, 1.807) is 16.2 Å². The Morgan fingerprint density at radius 2 is 1.78 bits per heavy atom. The lowest BCUT2D eigenvalue weighted by atomic mass is 9.92. The number of hydrogen-bond acceptors (Lipinski definition) is 7. The quantitative estimate of drug-likeness (QED) is 0.370. The summed E-state index contributed by atoms with van der Waals surface area (Å²) in [5, 5.41) is 2.63. The zero-order chi connectivity index (χ0) is 26.3. The van der Waals surface area contributed by atoms with E-state index >= 15 is 0 Å². The Balaban J connectivity index is 1.39. The Kier molecular flexibility index (Phi) is 9.44. The Bertz CT molecular complexity index is 1140. The van der Waals surface area contributed by atoms with Crippen LogP contribution in [0, 0.1) is 0 Å². The summed E-state index contributed by atoms with van der Waals surface area (Å²) in [7, 11) is 1.70. The lowest BCUT2D eigenvalue weighted by molar-refractivity contribution is -0.132. The molecule has 1 saturated carbocycles. The standard InChI is InChI=1S/C26H37N3O7/c1-26(2,3)36-24(32)27-11-13-35-15-14-34-12-5-6-18-7-9-20-22(16-18)28(4)25(33)29(20)21-10-8-19(30)17-23(21)31/h7,9,16,21H,5-6,8,10-15,17H2,1-4H3,(H,27,32). The maximum atomic E-state index is 12.9. The van der Waals surface area contributed by atoms with Gasteiger partial charge in [0, 0.05) is 26.6 Å². The van der Waals surface area contributed by atoms with Gasteiger partial charge in [0.05, 0.1) is 43.3 Å². The third-order valence-corrected chi connectivity index (χ3v) is 5.95. The van der Waals surface area contributed by atoms with Crippen LogP contribution in [0.1, 0.15) is 58.1 Å². The summed E-state index contributed by atoms with van der Waals surface area (Å²) in [4.78, 5) is 48.4. The van der Waals surface area contributed by atoms with Crippen molar-refractivity contribution in [2.24, 2.45) is 7.05 Å². The summed E-state index contributed by atoms with van der Waals surface area (Å²) < 4.78 is 19.3. The molecule has 1 N–H and O–H groups in total. The van der Waals surface area contributed by atoms with Crippen molar-refractivity contribution in [2.45, 2.75) is 64.5 Å². The Labute approximate surface area is 210 Å². The Hall–Kier alpha value is -2.98. The highest BCUT2D eigenvalue weighted by Crippen LogP contribution is 2.26. The smallest absolute Gasteiger partial charge is 0.407 e. The normalized spacial score (nSPS) is 16.5. The number of aromatic nitrogens is 2. The van der Waals surface area contributed by atoms with Crippen LogP contribution in [-0.4, -0.2) is 65.4 Å². The fourth-order valence-electron chi connectivity index (χ4n) is 4.24. The molecule has 2 aromatic rings. The minimum Gasteiger partial charge on any atom is -0.444 e. The van der Waals surface area contributed by atoms with Gasteiger partial charge in [-0.05, 0) is 57.7 Å². The fraction of sp³-hybridized carbons (Fsp3) is 0.615. The number of imidazole rings is 1. The molecule has 0 aliphatic heterocycles. The van der Waals surface area contributed by atoms with E-state index in [2.05, 4.69) is 5.32 Å². The first kappa shape index (κ1) is 27.6. The van der Waals surface area contributed by atoms with E-state index in [0.717, 1.165) is 23.9 Å². The molecular formula is C26H37N3O7. The summed E-state index contributed by atoms with van der Waals surface area (Å²) in [5.74, 6) is -0.249. The number of ether oxygens (including phenoxy) is 3. The largest absolute Gasteiger partial charge is 0.444 e. The first-order valence-corrected chi connectivity index (χ1v) is 12.4. The van der Waals surface area contributed by atoms with Crippen molar-refractivity contribution in [3.05, 3.63) is 34.2 Å². The number of fused-ring (bicyclic) bond motifs is 1. The highest BCUT2D eigenvalue weighted by Gasteiger charge is 2.31. The van der Waals surface area contributed by atoms with Gasteiger partial charge in [-0.3, -0.25) is 18.7 Å². The Morgan fingerprint density at radius 1 is 1.06 bits per heavy atom. The molecule has 10 heteroatoms. The number of ketones is 2. The van der Waals surface area contributed by atoms with Crippen molar-refractivity contribution in [2.75, 3.05) is 33.0 Å². The van der Waals surface area contributed by atoms with E-state index in [-0.39, 0.29) is 23.7 Å². The average molecular weight is 504 g/mol. The summed E-state index contributed by atoms with van der Waals surface area (Å²) in [6, 6.07) is 5.26. The van der Waals surface area contributed by atoms with Gasteiger partial charge in [0.15, 0.2) is 5.78 Å². The molecule has 3 rings (SSSR count). The first-order valence-electron chi connectivity index (χ1n) is 12.4. The molecule has 1 amide bonds. The molecule has 36 heavy (non-hydrogen) atoms. The van der Waals surface area contributed by atoms with Crippen LogP contribution in [0.3, 0.4) is 0 Å². The molecule has 0 bridgehead atoms. The molecule has 0 spiro atoms. The molecule has 1 atom stereocenters. The summed E-state index contributed by atoms with van der Waals surface area (Å²) >= 11 is 0. The van der Waals surface area contributed by atoms with Crippen LogP contribution >= 0.6 is 0 Å². The maximum absolute atomic E-state index is 12.9. The highest BCUT2D eigenvalue weighted by molar-refractivity contribution is 6.03. The van der Waals surface area contributed by atoms with Crippen molar-refractivity contribution in [3.8, 4) is 0 Å². The van der Waals surface area contributed by atoms with E-state index in [4.69, 9.17) is 14.2 Å². The van der Waals surface area contributed by atoms with E-state index in [0.29, 0.717) is 51.3 Å². The third kappa shape index (κ3) is 7.51. The lowest BCUT2D eigenvalue weighted by Gasteiger charge is -2.21. The van der Waals surface area contributed by atoms with Gasteiger partial charge >= 0.3 is 11.8 Å². The fourth-order valence-corrected chi connectivity index (χ4v) is 4.24. The van der Waals surface area contributed by atoms with Crippen LogP contribution in [-0.2, 0) is 37.3 Å². The van der Waals surface area contributed by atoms with Gasteiger partial charge < -0.3 is 19.5 Å². The van der Waals surface area contributed by atoms with E-state index in [1.807, 2.05) is 39.0 Å². The number of carbonyl (C=O) groups excluding carboxylic acids is 3. The average Bonchev–Trinajstić information content (AvgIpc) is 3.04. The zero-order valence-electron chi connectivity index (χ0n) is 21.6. The van der Waals surface area contributed by atoms with E-state index < -0.39 is 17.7 Å². The second-order valence-electron chi connectivity index (χ2n) is 10.0. The van der Waals surface area contributed by atoms with Gasteiger partial charge in [0.1, 0.15) is 11.4 Å². The summed E-state index contributed by atoms with van der Waals surface area (Å²) in [5.41, 5.74) is 1.81. The first-order chi connectivity index (χ1) is 17.1. The molecule has 0 radical (unpaired) electrons. The van der Waals surface area contributed by atoms with Crippen molar-refractivity contribution in [1.29, 1.82) is 0 Å². The molecular weight excluding hydrogens is 466 g/mol.